The van der Waals surface area contributed by atoms with E-state index in [2.05, 4.69) is 42.2 Å². The lowest BCUT2D eigenvalue weighted by atomic mass is 9.54. The molecule has 4 atom stereocenters. The molecule has 0 aromatic heterocycles. The average Bonchev–Trinajstić information content (AvgIpc) is 2.98. The van der Waals surface area contributed by atoms with Gasteiger partial charge in [-0.1, -0.05) is 19.1 Å². The number of anilines is 1. The van der Waals surface area contributed by atoms with Crippen molar-refractivity contribution in [2.24, 2.45) is 23.2 Å². The van der Waals surface area contributed by atoms with E-state index >= 15 is 0 Å². The molecular formula is C27H31NO3. The number of nitrogens with zero attached hydrogens (tertiary/aromatic N) is 1. The second kappa shape index (κ2) is 7.22. The molecule has 2 fully saturated rings. The number of fused-ring (bicyclic) bond motifs is 4. The second-order valence-electron chi connectivity index (χ2n) is 10.2. The number of hydrogen-bond acceptors (Lipinski definition) is 4. The first kappa shape index (κ1) is 20.3. The van der Waals surface area contributed by atoms with Crippen LogP contribution in [0.1, 0.15) is 51.0 Å². The van der Waals surface area contributed by atoms with Crippen LogP contribution in [0.4, 0.5) is 5.69 Å². The summed E-state index contributed by atoms with van der Waals surface area (Å²) in [5.74, 6) is 1.51. The normalized spacial score (nSPS) is 33.7. The summed E-state index contributed by atoms with van der Waals surface area (Å²) >= 11 is 0. The summed E-state index contributed by atoms with van der Waals surface area (Å²) in [6.07, 6.45) is 8.42. The number of rotatable bonds is 2. The molecule has 4 aliphatic rings. The maximum absolute atomic E-state index is 13.5. The largest absolute Gasteiger partial charge is 0.512 e. The Morgan fingerprint density at radius 2 is 1.87 bits per heavy atom. The molecule has 0 saturated heterocycles. The first-order chi connectivity index (χ1) is 14.8. The van der Waals surface area contributed by atoms with E-state index in [-0.39, 0.29) is 29.3 Å². The number of aliphatic hydroxyl groups excluding tert-OH is 1. The van der Waals surface area contributed by atoms with Crippen LogP contribution in [0.15, 0.2) is 52.8 Å². The molecule has 162 valence electrons. The summed E-state index contributed by atoms with van der Waals surface area (Å²) in [7, 11) is 4.05. The van der Waals surface area contributed by atoms with Crippen molar-refractivity contribution in [2.75, 3.05) is 19.0 Å². The Hall–Kier alpha value is -2.62. The standard InChI is InChI=1S/C27H31NO3/c1-27-11-10-22-21(9-6-17-13-20(29)15-24(30)25(17)22)23(27)14-18(26(27)31)12-16-4-7-19(8-5-16)28(2)3/h4-5,7-8,12-13,21-23,29H,6,9-11,14-15H2,1-3H3. The lowest BCUT2D eigenvalue weighted by Gasteiger charge is -2.48. The molecule has 0 radical (unpaired) electrons. The van der Waals surface area contributed by atoms with Gasteiger partial charge >= 0.3 is 0 Å². The Morgan fingerprint density at radius 3 is 2.58 bits per heavy atom. The van der Waals surface area contributed by atoms with Gasteiger partial charge in [-0.25, -0.2) is 0 Å². The Kier molecular flexibility index (Phi) is 4.72. The van der Waals surface area contributed by atoms with Crippen molar-refractivity contribution >= 4 is 23.3 Å². The average molecular weight is 418 g/mol. The highest BCUT2D eigenvalue weighted by Gasteiger charge is 2.57. The number of allylic oxidation sites excluding steroid dienone is 5. The minimum absolute atomic E-state index is 0.0920. The van der Waals surface area contributed by atoms with Crippen LogP contribution in [-0.2, 0) is 9.59 Å². The molecule has 4 nitrogen and oxygen atoms in total. The summed E-state index contributed by atoms with van der Waals surface area (Å²) in [5.41, 5.74) is 4.85. The van der Waals surface area contributed by atoms with Crippen LogP contribution < -0.4 is 4.90 Å². The molecule has 1 aromatic carbocycles. The molecule has 4 unspecified atom stereocenters. The van der Waals surface area contributed by atoms with Gasteiger partial charge in [0.2, 0.25) is 0 Å². The van der Waals surface area contributed by atoms with E-state index in [1.54, 1.807) is 0 Å². The highest BCUT2D eigenvalue weighted by atomic mass is 16.3. The van der Waals surface area contributed by atoms with Gasteiger partial charge in [0.05, 0.1) is 6.42 Å². The fraction of sp³-hybridized carbons (Fsp3) is 0.481. The number of hydrogen-bond donors (Lipinski definition) is 1. The van der Waals surface area contributed by atoms with Crippen molar-refractivity contribution < 1.29 is 14.7 Å². The number of carbonyl (C=O) groups excluding carboxylic acids is 2. The fourth-order valence-electron chi connectivity index (χ4n) is 6.66. The van der Waals surface area contributed by atoms with Crippen LogP contribution in [0, 0.1) is 23.2 Å². The number of benzene rings is 1. The Morgan fingerprint density at radius 1 is 1.13 bits per heavy atom. The van der Waals surface area contributed by atoms with Gasteiger partial charge in [0, 0.05) is 30.8 Å². The van der Waals surface area contributed by atoms with Gasteiger partial charge in [-0.3, -0.25) is 9.59 Å². The Balaban J connectivity index is 1.45. The molecule has 1 N–H and O–H groups in total. The third-order valence-corrected chi connectivity index (χ3v) is 8.27. The zero-order valence-electron chi connectivity index (χ0n) is 18.6. The monoisotopic (exact) mass is 417 g/mol. The molecule has 0 bridgehead atoms. The Labute approximate surface area is 184 Å². The maximum Gasteiger partial charge on any atom is 0.166 e. The van der Waals surface area contributed by atoms with E-state index in [0.717, 1.165) is 60.1 Å². The predicted octanol–water partition coefficient (Wildman–Crippen LogP) is 5.26. The first-order valence-corrected chi connectivity index (χ1v) is 11.5. The first-order valence-electron chi connectivity index (χ1n) is 11.5. The topological polar surface area (TPSA) is 57.6 Å². The highest BCUT2D eigenvalue weighted by Crippen LogP contribution is 2.60. The van der Waals surface area contributed by atoms with Crippen molar-refractivity contribution in [3.8, 4) is 0 Å². The van der Waals surface area contributed by atoms with Gasteiger partial charge in [-0.05, 0) is 90.9 Å². The molecule has 2 saturated carbocycles. The van der Waals surface area contributed by atoms with E-state index in [0.29, 0.717) is 17.6 Å². The zero-order valence-corrected chi connectivity index (χ0v) is 18.6. The van der Waals surface area contributed by atoms with Crippen molar-refractivity contribution in [3.63, 3.8) is 0 Å². The summed E-state index contributed by atoms with van der Waals surface area (Å²) in [4.78, 5) is 28.3. The van der Waals surface area contributed by atoms with Crippen molar-refractivity contribution in [1.29, 1.82) is 0 Å². The predicted molar refractivity (Wildman–Crippen MR) is 123 cm³/mol. The van der Waals surface area contributed by atoms with Gasteiger partial charge in [0.1, 0.15) is 5.76 Å². The minimum atomic E-state index is -0.315. The second-order valence-corrected chi connectivity index (χ2v) is 10.2. The van der Waals surface area contributed by atoms with Gasteiger partial charge in [0.15, 0.2) is 11.6 Å². The fourth-order valence-corrected chi connectivity index (χ4v) is 6.66. The third kappa shape index (κ3) is 3.19. The van der Waals surface area contributed by atoms with Crippen LogP contribution >= 0.6 is 0 Å². The summed E-state index contributed by atoms with van der Waals surface area (Å²) in [6, 6.07) is 8.34. The number of ketones is 2. The lowest BCUT2D eigenvalue weighted by molar-refractivity contribution is -0.127. The molecule has 0 amide bonds. The van der Waals surface area contributed by atoms with Crippen molar-refractivity contribution in [2.45, 2.75) is 45.4 Å². The van der Waals surface area contributed by atoms with Gasteiger partial charge in [-0.2, -0.15) is 0 Å². The van der Waals surface area contributed by atoms with E-state index in [1.807, 2.05) is 20.2 Å². The van der Waals surface area contributed by atoms with Crippen LogP contribution in [0.5, 0.6) is 0 Å². The summed E-state index contributed by atoms with van der Waals surface area (Å²) in [5, 5.41) is 9.91. The Bertz CT molecular complexity index is 1040. The van der Waals surface area contributed by atoms with E-state index in [1.165, 1.54) is 0 Å². The molecule has 0 spiro atoms. The van der Waals surface area contributed by atoms with Crippen molar-refractivity contribution in [1.82, 2.24) is 0 Å². The highest BCUT2D eigenvalue weighted by molar-refractivity contribution is 6.06. The summed E-state index contributed by atoms with van der Waals surface area (Å²) < 4.78 is 0. The lowest BCUT2D eigenvalue weighted by Crippen LogP contribution is -2.44. The van der Waals surface area contributed by atoms with Crippen molar-refractivity contribution in [3.05, 3.63) is 58.4 Å². The molecule has 5 rings (SSSR count). The maximum atomic E-state index is 13.5. The third-order valence-electron chi connectivity index (χ3n) is 8.27. The van der Waals surface area contributed by atoms with E-state index in [9.17, 15) is 14.7 Å². The molecule has 4 aliphatic carbocycles. The van der Waals surface area contributed by atoms with Crippen LogP contribution in [0.2, 0.25) is 0 Å². The smallest absolute Gasteiger partial charge is 0.166 e. The molecule has 4 heteroatoms. The number of Topliss-reactive ketones (excluding diaryl/α,β-unsaturated/α-hetero) is 2. The minimum Gasteiger partial charge on any atom is -0.512 e. The zero-order chi connectivity index (χ0) is 21.9. The van der Waals surface area contributed by atoms with Crippen LogP contribution in [0.3, 0.4) is 0 Å². The van der Waals surface area contributed by atoms with Crippen LogP contribution in [-0.4, -0.2) is 30.8 Å². The van der Waals surface area contributed by atoms with Crippen LogP contribution in [0.25, 0.3) is 6.08 Å². The summed E-state index contributed by atoms with van der Waals surface area (Å²) in [6.45, 7) is 2.16. The van der Waals surface area contributed by atoms with Gasteiger partial charge in [-0.15, -0.1) is 0 Å². The van der Waals surface area contributed by atoms with Gasteiger partial charge < -0.3 is 10.0 Å². The van der Waals surface area contributed by atoms with Gasteiger partial charge in [0.25, 0.3) is 0 Å². The SMILES string of the molecule is CN(C)c1ccc(C=C2CC3C4CCC5=C(C(=O)CC(O)=C5)C4CCC3(C)C2=O)cc1. The molecule has 0 heterocycles. The quantitative estimate of drug-likeness (QED) is 0.667. The number of aliphatic hydroxyl groups is 1. The number of carbonyl (C=O) groups is 2. The van der Waals surface area contributed by atoms with E-state index < -0.39 is 0 Å². The van der Waals surface area contributed by atoms with E-state index in [4.69, 9.17) is 0 Å². The molecular weight excluding hydrogens is 386 g/mol. The molecule has 1 aromatic rings. The molecule has 31 heavy (non-hydrogen) atoms. The molecule has 0 aliphatic heterocycles.